The van der Waals surface area contributed by atoms with E-state index in [-0.39, 0.29) is 0 Å². The number of thiophene rings is 1. The van der Waals surface area contributed by atoms with Crippen LogP contribution < -0.4 is 5.32 Å². The smallest absolute Gasteiger partial charge is 0.0655 e. The lowest BCUT2D eigenvalue weighted by Crippen LogP contribution is -2.34. The van der Waals surface area contributed by atoms with E-state index in [0.29, 0.717) is 12.0 Å². The van der Waals surface area contributed by atoms with E-state index >= 15 is 0 Å². The normalized spacial score (nSPS) is 24.5. The van der Waals surface area contributed by atoms with Crippen LogP contribution >= 0.6 is 27.3 Å². The van der Waals surface area contributed by atoms with Gasteiger partial charge < -0.3 is 5.32 Å². The van der Waals surface area contributed by atoms with Crippen molar-refractivity contribution < 1.29 is 0 Å². The number of hydrogen-bond acceptors (Lipinski definition) is 3. The number of nitrogens with zero attached hydrogens (tertiary/aromatic N) is 1. The SMILES string of the molecule is N#CC1CCC(NCCc2cc(Br)cs2)CC1. The molecule has 2 nitrogen and oxygen atoms in total. The van der Waals surface area contributed by atoms with Gasteiger partial charge in [-0.1, -0.05) is 0 Å². The van der Waals surface area contributed by atoms with Crippen molar-refractivity contribution in [3.63, 3.8) is 0 Å². The van der Waals surface area contributed by atoms with Crippen molar-refractivity contribution in [2.75, 3.05) is 6.54 Å². The molecular formula is C13H17BrN2S. The zero-order chi connectivity index (χ0) is 12.1. The fraction of sp³-hybridized carbons (Fsp3) is 0.615. The fourth-order valence-corrected chi connectivity index (χ4v) is 3.77. The molecule has 1 aliphatic rings. The Hall–Kier alpha value is -0.370. The molecule has 0 bridgehead atoms. The van der Waals surface area contributed by atoms with E-state index < -0.39 is 0 Å². The molecule has 1 aromatic rings. The zero-order valence-electron chi connectivity index (χ0n) is 9.79. The summed E-state index contributed by atoms with van der Waals surface area (Å²) in [6.07, 6.45) is 5.56. The summed E-state index contributed by atoms with van der Waals surface area (Å²) in [4.78, 5) is 1.43. The molecule has 0 amide bonds. The molecule has 0 radical (unpaired) electrons. The summed E-state index contributed by atoms with van der Waals surface area (Å²) in [5.41, 5.74) is 0. The van der Waals surface area contributed by atoms with Crippen LogP contribution in [0.5, 0.6) is 0 Å². The van der Waals surface area contributed by atoms with Gasteiger partial charge in [-0.15, -0.1) is 11.3 Å². The second kappa shape index (κ2) is 6.53. The monoisotopic (exact) mass is 312 g/mol. The van der Waals surface area contributed by atoms with Gasteiger partial charge in [0.2, 0.25) is 0 Å². The lowest BCUT2D eigenvalue weighted by molar-refractivity contribution is 0.334. The van der Waals surface area contributed by atoms with Crippen LogP contribution in [-0.4, -0.2) is 12.6 Å². The van der Waals surface area contributed by atoms with Crippen molar-refractivity contribution >= 4 is 27.3 Å². The van der Waals surface area contributed by atoms with Crippen LogP contribution in [0.2, 0.25) is 0 Å². The van der Waals surface area contributed by atoms with Crippen LogP contribution in [0.3, 0.4) is 0 Å². The van der Waals surface area contributed by atoms with Crippen molar-refractivity contribution in [3.8, 4) is 6.07 Å². The lowest BCUT2D eigenvalue weighted by Gasteiger charge is -2.25. The van der Waals surface area contributed by atoms with Gasteiger partial charge in [0.05, 0.1) is 6.07 Å². The highest BCUT2D eigenvalue weighted by atomic mass is 79.9. The van der Waals surface area contributed by atoms with Gasteiger partial charge in [0.25, 0.3) is 0 Å². The van der Waals surface area contributed by atoms with Crippen molar-refractivity contribution in [1.82, 2.24) is 5.32 Å². The summed E-state index contributed by atoms with van der Waals surface area (Å²) in [7, 11) is 0. The molecule has 0 spiro atoms. The molecule has 0 aliphatic heterocycles. The molecular weight excluding hydrogens is 296 g/mol. The lowest BCUT2D eigenvalue weighted by atomic mass is 9.87. The average molecular weight is 313 g/mol. The molecule has 1 saturated carbocycles. The molecule has 0 unspecified atom stereocenters. The summed E-state index contributed by atoms with van der Waals surface area (Å²) in [5.74, 6) is 0.307. The van der Waals surface area contributed by atoms with Crippen LogP contribution in [0.15, 0.2) is 15.9 Å². The van der Waals surface area contributed by atoms with Gasteiger partial charge in [0, 0.05) is 33.2 Å². The largest absolute Gasteiger partial charge is 0.314 e. The Morgan fingerprint density at radius 3 is 2.76 bits per heavy atom. The molecule has 4 heteroatoms. The van der Waals surface area contributed by atoms with Crippen LogP contribution in [-0.2, 0) is 6.42 Å². The highest BCUT2D eigenvalue weighted by Gasteiger charge is 2.19. The summed E-state index contributed by atoms with van der Waals surface area (Å²) in [6.45, 7) is 1.05. The minimum absolute atomic E-state index is 0.307. The standard InChI is InChI=1S/C13H17BrN2S/c14-11-7-13(17-9-11)5-6-16-12-3-1-10(8-15)2-4-12/h7,9-10,12,16H,1-6H2. The molecule has 0 aromatic carbocycles. The summed E-state index contributed by atoms with van der Waals surface area (Å²) in [6, 6.07) is 5.20. The molecule has 0 saturated heterocycles. The van der Waals surface area contributed by atoms with E-state index in [1.807, 2.05) is 11.3 Å². The van der Waals surface area contributed by atoms with Gasteiger partial charge in [-0.2, -0.15) is 5.26 Å². The summed E-state index contributed by atoms with van der Waals surface area (Å²) in [5, 5.41) is 14.6. The van der Waals surface area contributed by atoms with Gasteiger partial charge >= 0.3 is 0 Å². The highest BCUT2D eigenvalue weighted by Crippen LogP contribution is 2.24. The molecule has 1 aromatic heterocycles. The highest BCUT2D eigenvalue weighted by molar-refractivity contribution is 9.10. The third kappa shape index (κ3) is 4.09. The maximum Gasteiger partial charge on any atom is 0.0655 e. The van der Waals surface area contributed by atoms with Crippen LogP contribution in [0, 0.1) is 17.2 Å². The summed E-state index contributed by atoms with van der Waals surface area (Å²) < 4.78 is 1.19. The number of nitrogens with one attached hydrogen (secondary N) is 1. The Labute approximate surface area is 115 Å². The van der Waals surface area contributed by atoms with E-state index in [2.05, 4.69) is 38.8 Å². The van der Waals surface area contributed by atoms with Crippen LogP contribution in [0.25, 0.3) is 0 Å². The molecule has 1 aliphatic carbocycles. The van der Waals surface area contributed by atoms with E-state index in [0.717, 1.165) is 38.6 Å². The zero-order valence-corrected chi connectivity index (χ0v) is 12.2. The Morgan fingerprint density at radius 1 is 1.41 bits per heavy atom. The van der Waals surface area contributed by atoms with Crippen LogP contribution in [0.4, 0.5) is 0 Å². The Morgan fingerprint density at radius 2 is 2.18 bits per heavy atom. The Kier molecular flexibility index (Phi) is 5.02. The number of halogens is 1. The van der Waals surface area contributed by atoms with Gasteiger partial charge in [-0.3, -0.25) is 0 Å². The topological polar surface area (TPSA) is 35.8 Å². The van der Waals surface area contributed by atoms with Crippen molar-refractivity contribution in [2.24, 2.45) is 5.92 Å². The van der Waals surface area contributed by atoms with Crippen LogP contribution in [0.1, 0.15) is 30.6 Å². The van der Waals surface area contributed by atoms with E-state index in [4.69, 9.17) is 5.26 Å². The molecule has 92 valence electrons. The minimum Gasteiger partial charge on any atom is -0.314 e. The van der Waals surface area contributed by atoms with E-state index in [1.54, 1.807) is 0 Å². The number of nitriles is 1. The van der Waals surface area contributed by atoms with Gasteiger partial charge in [-0.25, -0.2) is 0 Å². The molecule has 1 heterocycles. The molecule has 17 heavy (non-hydrogen) atoms. The Balaban J connectivity index is 1.65. The first-order valence-corrected chi connectivity index (χ1v) is 7.81. The van der Waals surface area contributed by atoms with Crippen molar-refractivity contribution in [3.05, 3.63) is 20.8 Å². The van der Waals surface area contributed by atoms with E-state index in [9.17, 15) is 0 Å². The third-order valence-corrected chi connectivity index (χ3v) is 5.09. The molecule has 1 fully saturated rings. The first-order chi connectivity index (χ1) is 8.28. The maximum atomic E-state index is 8.83. The fourth-order valence-electron chi connectivity index (χ4n) is 2.31. The van der Waals surface area contributed by atoms with Gasteiger partial charge in [-0.05, 0) is 54.1 Å². The summed E-state index contributed by atoms with van der Waals surface area (Å²) >= 11 is 5.28. The minimum atomic E-state index is 0.307. The van der Waals surface area contributed by atoms with Crippen molar-refractivity contribution in [1.29, 1.82) is 5.26 Å². The molecule has 2 rings (SSSR count). The first-order valence-electron chi connectivity index (χ1n) is 6.14. The average Bonchev–Trinajstić information content (AvgIpc) is 2.76. The second-order valence-corrected chi connectivity index (χ2v) is 6.52. The predicted octanol–water partition coefficient (Wildman–Crippen LogP) is 3.73. The predicted molar refractivity (Wildman–Crippen MR) is 75.1 cm³/mol. The quantitative estimate of drug-likeness (QED) is 0.919. The number of hydrogen-bond donors (Lipinski definition) is 1. The van der Waals surface area contributed by atoms with Gasteiger partial charge in [0.15, 0.2) is 0 Å². The molecule has 1 N–H and O–H groups in total. The second-order valence-electron chi connectivity index (χ2n) is 4.61. The van der Waals surface area contributed by atoms with E-state index in [1.165, 1.54) is 9.35 Å². The third-order valence-electron chi connectivity index (χ3n) is 3.34. The van der Waals surface area contributed by atoms with Crippen molar-refractivity contribution in [2.45, 2.75) is 38.1 Å². The first kappa shape index (κ1) is 13.1. The number of rotatable bonds is 4. The Bertz CT molecular complexity index is 388. The maximum absolute atomic E-state index is 8.83. The van der Waals surface area contributed by atoms with Gasteiger partial charge in [0.1, 0.15) is 0 Å². The molecule has 0 atom stereocenters.